The number of carbonyl (C=O) groups is 2. The van der Waals surface area contributed by atoms with Crippen LogP contribution in [0.25, 0.3) is 0 Å². The zero-order valence-electron chi connectivity index (χ0n) is 20.7. The Balaban J connectivity index is 1.98. The number of anilines is 1. The van der Waals surface area contributed by atoms with E-state index in [1.54, 1.807) is 24.0 Å². The van der Waals surface area contributed by atoms with Crippen LogP contribution in [0.1, 0.15) is 51.2 Å². The first-order valence-corrected chi connectivity index (χ1v) is 12.2. The van der Waals surface area contributed by atoms with E-state index in [2.05, 4.69) is 18.7 Å². The van der Waals surface area contributed by atoms with Crippen LogP contribution in [-0.4, -0.2) is 53.8 Å². The standard InChI is InChI=1S/C27H34F3N3O2/c1-4-26(34)33-14-6-12-31(19(2)3)11-5-13-32(18-21-16-23(29)24(30)17-25(21)33)27(35)15-20-7-9-22(28)10-8-20/h7-10,16-17,19H,4-6,11-15,18H2,1-3H3. The van der Waals surface area contributed by atoms with Crippen LogP contribution in [-0.2, 0) is 22.6 Å². The van der Waals surface area contributed by atoms with E-state index in [0.29, 0.717) is 42.7 Å². The first-order chi connectivity index (χ1) is 16.7. The van der Waals surface area contributed by atoms with Crippen molar-refractivity contribution in [1.29, 1.82) is 0 Å². The van der Waals surface area contributed by atoms with Gasteiger partial charge in [-0.15, -0.1) is 0 Å². The van der Waals surface area contributed by atoms with E-state index in [9.17, 15) is 22.8 Å². The second kappa shape index (κ2) is 12.2. The number of nitrogens with zero attached hydrogens (tertiary/aromatic N) is 3. The average molecular weight is 490 g/mol. The molecule has 2 aromatic carbocycles. The first kappa shape index (κ1) is 26.7. The molecule has 0 bridgehead atoms. The Hall–Kier alpha value is -2.87. The number of rotatable bonds is 4. The summed E-state index contributed by atoms with van der Waals surface area (Å²) in [5.74, 6) is -2.81. The molecule has 0 fully saturated rings. The minimum absolute atomic E-state index is 0.0434. The predicted molar refractivity (Wildman–Crippen MR) is 130 cm³/mol. The summed E-state index contributed by atoms with van der Waals surface area (Å²) in [4.78, 5) is 31.5. The van der Waals surface area contributed by atoms with Gasteiger partial charge < -0.3 is 14.7 Å². The molecule has 1 aliphatic rings. The van der Waals surface area contributed by atoms with Crippen LogP contribution in [0.3, 0.4) is 0 Å². The smallest absolute Gasteiger partial charge is 0.227 e. The summed E-state index contributed by atoms with van der Waals surface area (Å²) in [6, 6.07) is 8.18. The van der Waals surface area contributed by atoms with Gasteiger partial charge in [0.25, 0.3) is 0 Å². The van der Waals surface area contributed by atoms with E-state index in [4.69, 9.17) is 0 Å². The molecule has 2 amide bonds. The minimum atomic E-state index is -1.03. The lowest BCUT2D eigenvalue weighted by atomic mass is 10.1. The van der Waals surface area contributed by atoms with Gasteiger partial charge in [0.2, 0.25) is 11.8 Å². The molecule has 0 aromatic heterocycles. The van der Waals surface area contributed by atoms with Crippen molar-refractivity contribution in [2.24, 2.45) is 0 Å². The number of hydrogen-bond donors (Lipinski definition) is 0. The van der Waals surface area contributed by atoms with Gasteiger partial charge in [0.05, 0.1) is 12.1 Å². The van der Waals surface area contributed by atoms with Crippen molar-refractivity contribution in [2.75, 3.05) is 31.1 Å². The van der Waals surface area contributed by atoms with Gasteiger partial charge in [0, 0.05) is 51.3 Å². The Morgan fingerprint density at radius 2 is 1.51 bits per heavy atom. The van der Waals surface area contributed by atoms with E-state index >= 15 is 0 Å². The summed E-state index contributed by atoms with van der Waals surface area (Å²) < 4.78 is 41.9. The quantitative estimate of drug-likeness (QED) is 0.612. The van der Waals surface area contributed by atoms with Crippen LogP contribution in [0.4, 0.5) is 18.9 Å². The van der Waals surface area contributed by atoms with Gasteiger partial charge in [-0.25, -0.2) is 13.2 Å². The summed E-state index contributed by atoms with van der Waals surface area (Å²) in [6.45, 7) is 8.29. The monoisotopic (exact) mass is 489 g/mol. The largest absolute Gasteiger partial charge is 0.338 e. The molecule has 0 spiro atoms. The fourth-order valence-corrected chi connectivity index (χ4v) is 4.44. The van der Waals surface area contributed by atoms with Crippen LogP contribution >= 0.6 is 0 Å². The van der Waals surface area contributed by atoms with Gasteiger partial charge in [0.1, 0.15) is 5.82 Å². The van der Waals surface area contributed by atoms with Gasteiger partial charge in [-0.2, -0.15) is 0 Å². The first-order valence-electron chi connectivity index (χ1n) is 12.2. The van der Waals surface area contributed by atoms with Crippen molar-refractivity contribution in [3.63, 3.8) is 0 Å². The van der Waals surface area contributed by atoms with Gasteiger partial charge in [0.15, 0.2) is 11.6 Å². The molecule has 0 aliphatic carbocycles. The minimum Gasteiger partial charge on any atom is -0.338 e. The second-order valence-electron chi connectivity index (χ2n) is 9.25. The summed E-state index contributed by atoms with van der Waals surface area (Å²) in [5, 5.41) is 0. The number of halogens is 3. The fourth-order valence-electron chi connectivity index (χ4n) is 4.44. The molecule has 1 aliphatic heterocycles. The van der Waals surface area contributed by atoms with Crippen molar-refractivity contribution in [3.8, 4) is 0 Å². The summed E-state index contributed by atoms with van der Waals surface area (Å²) in [6.07, 6.45) is 1.68. The van der Waals surface area contributed by atoms with Crippen molar-refractivity contribution in [2.45, 2.75) is 59.0 Å². The molecule has 0 saturated heterocycles. The van der Waals surface area contributed by atoms with Gasteiger partial charge >= 0.3 is 0 Å². The van der Waals surface area contributed by atoms with Gasteiger partial charge in [-0.05, 0) is 56.0 Å². The van der Waals surface area contributed by atoms with Crippen LogP contribution in [0, 0.1) is 17.5 Å². The summed E-state index contributed by atoms with van der Waals surface area (Å²) in [5.41, 5.74) is 1.35. The summed E-state index contributed by atoms with van der Waals surface area (Å²) in [7, 11) is 0. The number of hydrogen-bond acceptors (Lipinski definition) is 3. The van der Waals surface area contributed by atoms with E-state index in [1.165, 1.54) is 17.0 Å². The molecule has 1 heterocycles. The van der Waals surface area contributed by atoms with E-state index in [0.717, 1.165) is 25.2 Å². The molecular formula is C27H34F3N3O2. The third-order valence-corrected chi connectivity index (χ3v) is 6.43. The maximum Gasteiger partial charge on any atom is 0.227 e. The van der Waals surface area contributed by atoms with E-state index in [-0.39, 0.29) is 43.1 Å². The third kappa shape index (κ3) is 7.07. The molecule has 190 valence electrons. The Bertz CT molecular complexity index is 1030. The lowest BCUT2D eigenvalue weighted by Gasteiger charge is -2.33. The zero-order chi connectivity index (χ0) is 25.5. The Morgan fingerprint density at radius 1 is 0.886 bits per heavy atom. The molecule has 0 atom stereocenters. The maximum absolute atomic E-state index is 14.3. The highest BCUT2D eigenvalue weighted by Gasteiger charge is 2.25. The lowest BCUT2D eigenvalue weighted by molar-refractivity contribution is -0.131. The van der Waals surface area contributed by atoms with Gasteiger partial charge in [-0.1, -0.05) is 19.1 Å². The third-order valence-electron chi connectivity index (χ3n) is 6.43. The van der Waals surface area contributed by atoms with Crippen molar-refractivity contribution < 1.29 is 22.8 Å². The number of carbonyl (C=O) groups excluding carboxylic acids is 2. The van der Waals surface area contributed by atoms with Gasteiger partial charge in [-0.3, -0.25) is 9.59 Å². The zero-order valence-corrected chi connectivity index (χ0v) is 20.7. The molecule has 0 saturated carbocycles. The van der Waals surface area contributed by atoms with E-state index in [1.807, 2.05) is 0 Å². The number of fused-ring (bicyclic) bond motifs is 1. The highest BCUT2D eigenvalue weighted by Crippen LogP contribution is 2.27. The van der Waals surface area contributed by atoms with E-state index < -0.39 is 11.6 Å². The predicted octanol–water partition coefficient (Wildman–Crippen LogP) is 4.92. The number of amides is 2. The lowest BCUT2D eigenvalue weighted by Crippen LogP contribution is -2.41. The Morgan fingerprint density at radius 3 is 2.14 bits per heavy atom. The molecule has 0 radical (unpaired) electrons. The molecule has 2 aromatic rings. The van der Waals surface area contributed by atoms with Crippen molar-refractivity contribution in [1.82, 2.24) is 9.80 Å². The van der Waals surface area contributed by atoms with Crippen molar-refractivity contribution in [3.05, 3.63) is 65.0 Å². The van der Waals surface area contributed by atoms with Crippen LogP contribution in [0.2, 0.25) is 0 Å². The number of benzene rings is 2. The molecule has 0 unspecified atom stereocenters. The van der Waals surface area contributed by atoms with Crippen LogP contribution in [0.5, 0.6) is 0 Å². The second-order valence-corrected chi connectivity index (χ2v) is 9.25. The highest BCUT2D eigenvalue weighted by atomic mass is 19.2. The normalized spacial score (nSPS) is 16.0. The summed E-state index contributed by atoms with van der Waals surface area (Å²) >= 11 is 0. The molecule has 5 nitrogen and oxygen atoms in total. The molecule has 35 heavy (non-hydrogen) atoms. The topological polar surface area (TPSA) is 43.9 Å². The Kier molecular flexibility index (Phi) is 9.32. The molecule has 0 N–H and O–H groups in total. The molecule has 3 rings (SSSR count). The van der Waals surface area contributed by atoms with Crippen molar-refractivity contribution >= 4 is 17.5 Å². The Labute approximate surface area is 205 Å². The fraction of sp³-hybridized carbons (Fsp3) is 0.481. The van der Waals surface area contributed by atoms with Crippen LogP contribution < -0.4 is 4.90 Å². The maximum atomic E-state index is 14.3. The SMILES string of the molecule is CCC(=O)N1CCCN(C(C)C)CCCN(C(=O)Cc2ccc(F)cc2)Cc2cc(F)c(F)cc21. The molecular weight excluding hydrogens is 455 g/mol. The highest BCUT2D eigenvalue weighted by molar-refractivity contribution is 5.94. The average Bonchev–Trinajstić information content (AvgIpc) is 2.82. The van der Waals surface area contributed by atoms with Crippen LogP contribution in [0.15, 0.2) is 36.4 Å². The molecule has 8 heteroatoms.